The lowest BCUT2D eigenvalue weighted by molar-refractivity contribution is -0.159. The predicted molar refractivity (Wildman–Crippen MR) is 73.2 cm³/mol. The van der Waals surface area contributed by atoms with Gasteiger partial charge in [0, 0.05) is 12.5 Å². The van der Waals surface area contributed by atoms with Crippen LogP contribution in [0.2, 0.25) is 0 Å². The topological polar surface area (TPSA) is 26.3 Å². The maximum absolute atomic E-state index is 12.8. The van der Waals surface area contributed by atoms with Crippen molar-refractivity contribution in [2.45, 2.75) is 73.3 Å². The molecule has 0 rings (SSSR count). The molecule has 2 heteroatoms. The first-order chi connectivity index (χ1) is 7.65. The smallest absolute Gasteiger partial charge is 0.147 e. The molecule has 0 N–H and O–H groups in total. The lowest BCUT2D eigenvalue weighted by atomic mass is 9.61. The number of ketones is 1. The van der Waals surface area contributed by atoms with Crippen molar-refractivity contribution < 1.29 is 9.53 Å². The molecule has 0 radical (unpaired) electrons. The van der Waals surface area contributed by atoms with Gasteiger partial charge in [-0.15, -0.1) is 0 Å². The van der Waals surface area contributed by atoms with E-state index in [1.54, 1.807) is 7.11 Å². The fraction of sp³-hybridized carbons (Fsp3) is 0.933. The summed E-state index contributed by atoms with van der Waals surface area (Å²) in [6, 6.07) is 0. The normalized spacial score (nSPS) is 19.5. The second kappa shape index (κ2) is 5.51. The van der Waals surface area contributed by atoms with Crippen molar-refractivity contribution >= 4 is 5.78 Å². The van der Waals surface area contributed by atoms with Crippen molar-refractivity contribution in [2.75, 3.05) is 7.11 Å². The van der Waals surface area contributed by atoms with E-state index < -0.39 is 5.41 Å². The second-order valence-corrected chi connectivity index (χ2v) is 6.04. The molecule has 0 aliphatic carbocycles. The van der Waals surface area contributed by atoms with Gasteiger partial charge in [0.1, 0.15) is 5.78 Å². The highest BCUT2D eigenvalue weighted by molar-refractivity contribution is 5.90. The van der Waals surface area contributed by atoms with Crippen LogP contribution < -0.4 is 0 Å². The molecule has 102 valence electrons. The van der Waals surface area contributed by atoms with Gasteiger partial charge in [-0.2, -0.15) is 0 Å². The molecule has 0 heterocycles. The van der Waals surface area contributed by atoms with Crippen molar-refractivity contribution in [3.8, 4) is 0 Å². The molecule has 0 aromatic rings. The van der Waals surface area contributed by atoms with Crippen LogP contribution in [0.15, 0.2) is 0 Å². The van der Waals surface area contributed by atoms with Gasteiger partial charge in [-0.05, 0) is 33.1 Å². The van der Waals surface area contributed by atoms with Gasteiger partial charge in [-0.1, -0.05) is 34.6 Å². The Morgan fingerprint density at radius 1 is 0.941 bits per heavy atom. The van der Waals surface area contributed by atoms with E-state index in [1.165, 1.54) is 0 Å². The molecular weight excluding hydrogens is 212 g/mol. The first-order valence-electron chi connectivity index (χ1n) is 6.75. The quantitative estimate of drug-likeness (QED) is 0.668. The van der Waals surface area contributed by atoms with Crippen LogP contribution in [0.3, 0.4) is 0 Å². The molecule has 0 fully saturated rings. The van der Waals surface area contributed by atoms with Gasteiger partial charge in [0.2, 0.25) is 0 Å². The summed E-state index contributed by atoms with van der Waals surface area (Å²) in [5.74, 6) is 0.321. The Kier molecular flexibility index (Phi) is 5.39. The Morgan fingerprint density at radius 2 is 1.41 bits per heavy atom. The maximum Gasteiger partial charge on any atom is 0.147 e. The molecule has 2 atom stereocenters. The maximum atomic E-state index is 12.8. The molecule has 0 aliphatic rings. The minimum atomic E-state index is -0.421. The summed E-state index contributed by atoms with van der Waals surface area (Å²) in [4.78, 5) is 12.8. The third-order valence-electron chi connectivity index (χ3n) is 5.00. The Bertz CT molecular complexity index is 264. The first kappa shape index (κ1) is 16.6. The molecule has 0 bridgehead atoms. The molecule has 2 unspecified atom stereocenters. The van der Waals surface area contributed by atoms with Crippen LogP contribution in [0.5, 0.6) is 0 Å². The largest absolute Gasteiger partial charge is 0.378 e. The van der Waals surface area contributed by atoms with E-state index in [4.69, 9.17) is 4.74 Å². The third-order valence-corrected chi connectivity index (χ3v) is 5.00. The SMILES string of the molecule is CCC(C)(C)C(=O)C(C)(CC)C(C)(CC)OC. The van der Waals surface area contributed by atoms with E-state index in [0.717, 1.165) is 19.3 Å². The molecule has 0 aromatic carbocycles. The summed E-state index contributed by atoms with van der Waals surface area (Å²) in [5.41, 5.74) is -1.08. The van der Waals surface area contributed by atoms with E-state index in [1.807, 2.05) is 13.8 Å². The minimum absolute atomic E-state index is 0.278. The Labute approximate surface area is 107 Å². The van der Waals surface area contributed by atoms with Crippen LogP contribution in [0, 0.1) is 10.8 Å². The van der Waals surface area contributed by atoms with E-state index in [0.29, 0.717) is 5.78 Å². The Hall–Kier alpha value is -0.370. The molecule has 0 amide bonds. The highest BCUT2D eigenvalue weighted by atomic mass is 16.5. The first-order valence-corrected chi connectivity index (χ1v) is 6.75. The highest BCUT2D eigenvalue weighted by Gasteiger charge is 2.51. The lowest BCUT2D eigenvalue weighted by Crippen LogP contribution is -2.53. The monoisotopic (exact) mass is 242 g/mol. The van der Waals surface area contributed by atoms with Crippen molar-refractivity contribution in [1.82, 2.24) is 0 Å². The predicted octanol–water partition coefficient (Wildman–Crippen LogP) is 4.22. The van der Waals surface area contributed by atoms with Gasteiger partial charge in [-0.25, -0.2) is 0 Å². The van der Waals surface area contributed by atoms with Crippen molar-refractivity contribution in [2.24, 2.45) is 10.8 Å². The zero-order chi connectivity index (χ0) is 13.9. The molecule has 0 aromatic heterocycles. The summed E-state index contributed by atoms with van der Waals surface area (Å²) in [7, 11) is 1.71. The van der Waals surface area contributed by atoms with Gasteiger partial charge in [0.15, 0.2) is 0 Å². The zero-order valence-electron chi connectivity index (χ0n) is 12.9. The standard InChI is InChI=1S/C15H30O2/c1-9-13(4,5)12(16)14(6,10-2)15(7,11-3)17-8/h9-11H2,1-8H3. The van der Waals surface area contributed by atoms with Crippen LogP contribution in [0.4, 0.5) is 0 Å². The number of carbonyl (C=O) groups is 1. The van der Waals surface area contributed by atoms with Crippen LogP contribution in [-0.4, -0.2) is 18.5 Å². The van der Waals surface area contributed by atoms with Crippen molar-refractivity contribution in [3.05, 3.63) is 0 Å². The van der Waals surface area contributed by atoms with E-state index >= 15 is 0 Å². The number of ether oxygens (including phenoxy) is 1. The van der Waals surface area contributed by atoms with E-state index in [9.17, 15) is 4.79 Å². The molecule has 2 nitrogen and oxygen atoms in total. The van der Waals surface area contributed by atoms with Gasteiger partial charge in [0.25, 0.3) is 0 Å². The van der Waals surface area contributed by atoms with E-state index in [2.05, 4.69) is 34.6 Å². The molecular formula is C15H30O2. The molecule has 0 saturated carbocycles. The number of methoxy groups -OCH3 is 1. The second-order valence-electron chi connectivity index (χ2n) is 6.04. The van der Waals surface area contributed by atoms with Gasteiger partial charge in [0.05, 0.1) is 11.0 Å². The summed E-state index contributed by atoms with van der Waals surface area (Å²) in [6.07, 6.45) is 2.53. The lowest BCUT2D eigenvalue weighted by Gasteiger charge is -2.47. The fourth-order valence-electron chi connectivity index (χ4n) is 2.44. The highest BCUT2D eigenvalue weighted by Crippen LogP contribution is 2.45. The zero-order valence-corrected chi connectivity index (χ0v) is 12.9. The van der Waals surface area contributed by atoms with E-state index in [-0.39, 0.29) is 11.0 Å². The average Bonchev–Trinajstić information content (AvgIpc) is 2.35. The molecule has 17 heavy (non-hydrogen) atoms. The number of carbonyl (C=O) groups excluding carboxylic acids is 1. The Morgan fingerprint density at radius 3 is 1.65 bits per heavy atom. The summed E-state index contributed by atoms with van der Waals surface area (Å²) in [5, 5.41) is 0. The third kappa shape index (κ3) is 2.73. The molecule has 0 aliphatic heterocycles. The van der Waals surface area contributed by atoms with Crippen LogP contribution >= 0.6 is 0 Å². The Balaban J connectivity index is 5.51. The number of rotatable bonds is 7. The number of hydrogen-bond acceptors (Lipinski definition) is 2. The van der Waals surface area contributed by atoms with Crippen molar-refractivity contribution in [3.63, 3.8) is 0 Å². The van der Waals surface area contributed by atoms with Gasteiger partial charge < -0.3 is 4.74 Å². The average molecular weight is 242 g/mol. The van der Waals surface area contributed by atoms with Crippen molar-refractivity contribution in [1.29, 1.82) is 0 Å². The summed E-state index contributed by atoms with van der Waals surface area (Å²) in [6.45, 7) is 14.4. The molecule has 0 saturated heterocycles. The van der Waals surface area contributed by atoms with Gasteiger partial charge >= 0.3 is 0 Å². The van der Waals surface area contributed by atoms with Gasteiger partial charge in [-0.3, -0.25) is 4.79 Å². The molecule has 0 spiro atoms. The minimum Gasteiger partial charge on any atom is -0.378 e. The van der Waals surface area contributed by atoms with Crippen LogP contribution in [0.1, 0.15) is 67.7 Å². The number of hydrogen-bond donors (Lipinski definition) is 0. The fourth-order valence-corrected chi connectivity index (χ4v) is 2.44. The summed E-state index contributed by atoms with van der Waals surface area (Å²) < 4.78 is 5.68. The van der Waals surface area contributed by atoms with Crippen LogP contribution in [-0.2, 0) is 9.53 Å². The summed E-state index contributed by atoms with van der Waals surface area (Å²) >= 11 is 0. The van der Waals surface area contributed by atoms with Crippen LogP contribution in [0.25, 0.3) is 0 Å². The number of Topliss-reactive ketones (excluding diaryl/α,β-unsaturated/α-hetero) is 1.